The summed E-state index contributed by atoms with van der Waals surface area (Å²) in [6, 6.07) is 5.91. The minimum atomic E-state index is -3.50. The smallest absolute Gasteiger partial charge is 0.308 e. The summed E-state index contributed by atoms with van der Waals surface area (Å²) in [6.07, 6.45) is 1.74. The normalized spacial score (nSPS) is 24.6. The van der Waals surface area contributed by atoms with Crippen molar-refractivity contribution in [2.24, 2.45) is 11.8 Å². The maximum Gasteiger partial charge on any atom is 0.308 e. The summed E-state index contributed by atoms with van der Waals surface area (Å²) >= 11 is 0. The van der Waals surface area contributed by atoms with Gasteiger partial charge in [0.1, 0.15) is 0 Å². The lowest BCUT2D eigenvalue weighted by Crippen LogP contribution is -2.30. The maximum absolute atomic E-state index is 12.6. The fourth-order valence-corrected chi connectivity index (χ4v) is 5.00. The molecular weight excluding hydrogens is 344 g/mol. The van der Waals surface area contributed by atoms with Crippen LogP contribution in [-0.2, 0) is 14.8 Å². The molecule has 0 radical (unpaired) electrons. The average molecular weight is 366 g/mol. The predicted octanol–water partition coefficient (Wildman–Crippen LogP) is 1.26. The van der Waals surface area contributed by atoms with Gasteiger partial charge in [-0.2, -0.15) is 4.31 Å². The molecule has 136 valence electrons. The Hall–Kier alpha value is -1.93. The van der Waals surface area contributed by atoms with Crippen LogP contribution in [0.15, 0.2) is 29.2 Å². The Kier molecular flexibility index (Phi) is 4.83. The van der Waals surface area contributed by atoms with Gasteiger partial charge < -0.3 is 10.0 Å². The molecule has 0 saturated carbocycles. The Morgan fingerprint density at radius 1 is 1.08 bits per heavy atom. The number of carbonyl (C=O) groups excluding carboxylic acids is 1. The number of sulfonamides is 1. The van der Waals surface area contributed by atoms with Crippen LogP contribution in [0.3, 0.4) is 0 Å². The highest BCUT2D eigenvalue weighted by atomic mass is 32.2. The second-order valence-corrected chi connectivity index (χ2v) is 8.71. The van der Waals surface area contributed by atoms with Gasteiger partial charge in [-0.05, 0) is 43.0 Å². The molecule has 8 heteroatoms. The first-order valence-electron chi connectivity index (χ1n) is 8.43. The van der Waals surface area contributed by atoms with E-state index in [4.69, 9.17) is 0 Å². The maximum atomic E-state index is 12.6. The van der Waals surface area contributed by atoms with Gasteiger partial charge in [-0.15, -0.1) is 0 Å². The van der Waals surface area contributed by atoms with Crippen LogP contribution in [0.4, 0.5) is 0 Å². The second-order valence-electron chi connectivity index (χ2n) is 6.77. The largest absolute Gasteiger partial charge is 0.481 e. The number of nitrogens with zero attached hydrogens (tertiary/aromatic N) is 2. The third kappa shape index (κ3) is 3.41. The van der Waals surface area contributed by atoms with E-state index in [1.165, 1.54) is 33.5 Å². The number of carboxylic acids is 1. The van der Waals surface area contributed by atoms with Gasteiger partial charge in [-0.1, -0.05) is 6.92 Å². The standard InChI is InChI=1S/C17H22N2O5S/c1-12-10-18(11-15(12)17(21)22)16(20)13-4-6-14(7-5-13)25(23,24)19-8-2-3-9-19/h4-7,12,15H,2-3,8-11H2,1H3,(H,21,22)/t12-,15-/m1/s1. The van der Waals surface area contributed by atoms with E-state index in [9.17, 15) is 23.1 Å². The average Bonchev–Trinajstić information content (AvgIpc) is 3.24. The van der Waals surface area contributed by atoms with Gasteiger partial charge in [-0.3, -0.25) is 9.59 Å². The summed E-state index contributed by atoms with van der Waals surface area (Å²) in [6.45, 7) is 3.46. The first kappa shape index (κ1) is 17.9. The van der Waals surface area contributed by atoms with Crippen molar-refractivity contribution >= 4 is 21.9 Å². The molecule has 7 nitrogen and oxygen atoms in total. The molecule has 25 heavy (non-hydrogen) atoms. The molecule has 1 aromatic carbocycles. The van der Waals surface area contributed by atoms with Crippen molar-refractivity contribution in [3.63, 3.8) is 0 Å². The minimum Gasteiger partial charge on any atom is -0.481 e. The van der Waals surface area contributed by atoms with E-state index < -0.39 is 21.9 Å². The number of benzene rings is 1. The molecule has 2 aliphatic rings. The van der Waals surface area contributed by atoms with E-state index in [1.807, 2.05) is 6.92 Å². The predicted molar refractivity (Wildman–Crippen MR) is 90.6 cm³/mol. The second kappa shape index (κ2) is 6.76. The van der Waals surface area contributed by atoms with E-state index in [-0.39, 0.29) is 23.3 Å². The molecule has 0 unspecified atom stereocenters. The number of carbonyl (C=O) groups is 2. The van der Waals surface area contributed by atoms with Crippen LogP contribution >= 0.6 is 0 Å². The Bertz CT molecular complexity index is 769. The summed E-state index contributed by atoms with van der Waals surface area (Å²) in [7, 11) is -3.50. The number of likely N-dealkylation sites (tertiary alicyclic amines) is 1. The Balaban J connectivity index is 1.74. The molecule has 0 bridgehead atoms. The monoisotopic (exact) mass is 366 g/mol. The molecule has 0 aliphatic carbocycles. The molecule has 2 saturated heterocycles. The number of carboxylic acid groups (broad SMARTS) is 1. The number of aliphatic carboxylic acids is 1. The molecule has 1 amide bonds. The highest BCUT2D eigenvalue weighted by Gasteiger charge is 2.37. The van der Waals surface area contributed by atoms with E-state index in [0.717, 1.165) is 12.8 Å². The van der Waals surface area contributed by atoms with Gasteiger partial charge in [0.25, 0.3) is 5.91 Å². The lowest BCUT2D eigenvalue weighted by atomic mass is 9.99. The third-order valence-electron chi connectivity index (χ3n) is 5.02. The van der Waals surface area contributed by atoms with Crippen LogP contribution in [-0.4, -0.2) is 60.8 Å². The Morgan fingerprint density at radius 3 is 2.20 bits per heavy atom. The fourth-order valence-electron chi connectivity index (χ4n) is 3.48. The van der Waals surface area contributed by atoms with Crippen LogP contribution in [0.25, 0.3) is 0 Å². The highest BCUT2D eigenvalue weighted by molar-refractivity contribution is 7.89. The molecule has 3 rings (SSSR count). The zero-order chi connectivity index (χ0) is 18.2. The van der Waals surface area contributed by atoms with E-state index in [0.29, 0.717) is 25.2 Å². The zero-order valence-corrected chi connectivity index (χ0v) is 14.9. The van der Waals surface area contributed by atoms with Gasteiger partial charge in [0.15, 0.2) is 0 Å². The van der Waals surface area contributed by atoms with Gasteiger partial charge in [-0.25, -0.2) is 8.42 Å². The highest BCUT2D eigenvalue weighted by Crippen LogP contribution is 2.26. The van der Waals surface area contributed by atoms with Crippen LogP contribution in [0.1, 0.15) is 30.1 Å². The Morgan fingerprint density at radius 2 is 1.68 bits per heavy atom. The summed E-state index contributed by atoms with van der Waals surface area (Å²) in [5, 5.41) is 9.17. The molecule has 2 heterocycles. The lowest BCUT2D eigenvalue weighted by Gasteiger charge is -2.17. The van der Waals surface area contributed by atoms with Crippen LogP contribution < -0.4 is 0 Å². The van der Waals surface area contributed by atoms with Crippen LogP contribution in [0, 0.1) is 11.8 Å². The first-order chi connectivity index (χ1) is 11.8. The van der Waals surface area contributed by atoms with Gasteiger partial charge in [0.2, 0.25) is 10.0 Å². The van der Waals surface area contributed by atoms with Gasteiger partial charge in [0, 0.05) is 31.7 Å². The lowest BCUT2D eigenvalue weighted by molar-refractivity contribution is -0.142. The molecule has 0 spiro atoms. The fraction of sp³-hybridized carbons (Fsp3) is 0.529. The molecule has 1 N–H and O–H groups in total. The van der Waals surface area contributed by atoms with Gasteiger partial charge >= 0.3 is 5.97 Å². The molecule has 1 aromatic rings. The van der Waals surface area contributed by atoms with Gasteiger partial charge in [0.05, 0.1) is 10.8 Å². The summed E-state index contributed by atoms with van der Waals surface area (Å²) in [5.41, 5.74) is 0.374. The van der Waals surface area contributed by atoms with Crippen molar-refractivity contribution in [2.75, 3.05) is 26.2 Å². The first-order valence-corrected chi connectivity index (χ1v) is 9.87. The third-order valence-corrected chi connectivity index (χ3v) is 6.93. The van der Waals surface area contributed by atoms with E-state index >= 15 is 0 Å². The summed E-state index contributed by atoms with van der Waals surface area (Å²) in [4.78, 5) is 25.4. The SMILES string of the molecule is C[C@@H]1CN(C(=O)c2ccc(S(=O)(=O)N3CCCC3)cc2)C[C@H]1C(=O)O. The van der Waals surface area contributed by atoms with Crippen molar-refractivity contribution < 1.29 is 23.1 Å². The number of rotatable bonds is 4. The number of hydrogen-bond donors (Lipinski definition) is 1. The topological polar surface area (TPSA) is 95.0 Å². The number of hydrogen-bond acceptors (Lipinski definition) is 4. The molecule has 2 fully saturated rings. The van der Waals surface area contributed by atoms with Crippen LogP contribution in [0.5, 0.6) is 0 Å². The van der Waals surface area contributed by atoms with Crippen molar-refractivity contribution in [2.45, 2.75) is 24.7 Å². The van der Waals surface area contributed by atoms with E-state index in [2.05, 4.69) is 0 Å². The summed E-state index contributed by atoms with van der Waals surface area (Å²) in [5.74, 6) is -1.81. The molecular formula is C17H22N2O5S. The van der Waals surface area contributed by atoms with Crippen molar-refractivity contribution in [1.29, 1.82) is 0 Å². The molecule has 0 aromatic heterocycles. The number of amides is 1. The van der Waals surface area contributed by atoms with Crippen LogP contribution in [0.2, 0.25) is 0 Å². The molecule has 2 aliphatic heterocycles. The van der Waals surface area contributed by atoms with Crippen molar-refractivity contribution in [3.05, 3.63) is 29.8 Å². The Labute approximate surface area is 147 Å². The summed E-state index contributed by atoms with van der Waals surface area (Å²) < 4.78 is 26.5. The zero-order valence-electron chi connectivity index (χ0n) is 14.1. The minimum absolute atomic E-state index is 0.101. The van der Waals surface area contributed by atoms with Crippen molar-refractivity contribution in [3.8, 4) is 0 Å². The quantitative estimate of drug-likeness (QED) is 0.866. The molecule has 2 atom stereocenters. The van der Waals surface area contributed by atoms with Crippen molar-refractivity contribution in [1.82, 2.24) is 9.21 Å². The van der Waals surface area contributed by atoms with E-state index in [1.54, 1.807) is 0 Å².